The van der Waals surface area contributed by atoms with Crippen molar-refractivity contribution in [3.05, 3.63) is 65.7 Å². The first-order valence-corrected chi connectivity index (χ1v) is 12.8. The molecule has 2 aromatic rings. The van der Waals surface area contributed by atoms with E-state index in [0.717, 1.165) is 5.56 Å². The second-order valence-electron chi connectivity index (χ2n) is 9.05. The maximum absolute atomic E-state index is 13.3. The number of phenolic OH excluding ortho intramolecular Hbond substituents is 1. The number of benzene rings is 2. The number of β-lactam (4-membered cyclic amide) rings is 1. The molecule has 2 aliphatic rings. The van der Waals surface area contributed by atoms with Gasteiger partial charge in [0.1, 0.15) is 35.9 Å². The fourth-order valence-corrected chi connectivity index (χ4v) is 6.07. The quantitative estimate of drug-likeness (QED) is 0.261. The van der Waals surface area contributed by atoms with Gasteiger partial charge in [0, 0.05) is 4.75 Å². The molecule has 2 aliphatic heterocycles. The molecule has 2 aromatic carbocycles. The average Bonchev–Trinajstić information content (AvgIpc) is 3.13. The first-order chi connectivity index (χ1) is 17.6. The molecular formula is C25H26ClN3O7S. The summed E-state index contributed by atoms with van der Waals surface area (Å²) in [5, 5.41) is 14.4. The van der Waals surface area contributed by atoms with Gasteiger partial charge in [-0.05, 0) is 37.1 Å². The highest BCUT2D eigenvalue weighted by Crippen LogP contribution is 2.51. The highest BCUT2D eigenvalue weighted by atomic mass is 35.5. The molecule has 12 heteroatoms. The van der Waals surface area contributed by atoms with Gasteiger partial charge in [0.25, 0.3) is 0 Å². The molecule has 2 fully saturated rings. The SMILES string of the molecule is CC1(C)S[C@@H]2[C@H](NC(=O)C(NC(=O)OCc3ccccc3)c3ccc(O)cc3)C(=O)N2[C@H]1C(=O)OCCl. The first kappa shape index (κ1) is 26.6. The number of esters is 1. The third kappa shape index (κ3) is 5.62. The van der Waals surface area contributed by atoms with E-state index in [1.807, 2.05) is 32.0 Å². The Morgan fingerprint density at radius 2 is 1.78 bits per heavy atom. The predicted octanol–water partition coefficient (Wildman–Crippen LogP) is 2.65. The topological polar surface area (TPSA) is 134 Å². The number of alkyl carbamates (subject to hydrolysis) is 1. The Kier molecular flexibility index (Phi) is 7.84. The van der Waals surface area contributed by atoms with Crippen LogP contribution < -0.4 is 10.6 Å². The van der Waals surface area contributed by atoms with Gasteiger partial charge in [0.2, 0.25) is 11.8 Å². The van der Waals surface area contributed by atoms with Crippen LogP contribution in [0.2, 0.25) is 0 Å². The summed E-state index contributed by atoms with van der Waals surface area (Å²) in [4.78, 5) is 52.7. The molecule has 2 saturated heterocycles. The number of alkyl halides is 1. The summed E-state index contributed by atoms with van der Waals surface area (Å²) in [5.74, 6) is -1.72. The minimum atomic E-state index is -1.21. The Labute approximate surface area is 222 Å². The highest BCUT2D eigenvalue weighted by molar-refractivity contribution is 8.01. The van der Waals surface area contributed by atoms with Crippen molar-refractivity contribution in [1.82, 2.24) is 15.5 Å². The molecule has 0 saturated carbocycles. The van der Waals surface area contributed by atoms with Crippen molar-refractivity contribution in [3.8, 4) is 5.75 Å². The molecule has 37 heavy (non-hydrogen) atoms. The number of aromatic hydroxyl groups is 1. The molecule has 196 valence electrons. The standard InChI is InChI=1S/C25H26ClN3O7S/c1-25(2)19(23(33)36-13-26)29-21(32)18(22(29)37-25)27-20(31)17(15-8-10-16(30)11-9-15)28-24(34)35-12-14-6-4-3-5-7-14/h3-11,17-19,22,30H,12-13H2,1-2H3,(H,27,31)(H,28,34)/t17?,18-,19+,22-/m1/s1. The van der Waals surface area contributed by atoms with Gasteiger partial charge in [-0.25, -0.2) is 9.59 Å². The van der Waals surface area contributed by atoms with Crippen LogP contribution in [-0.2, 0) is 30.5 Å². The maximum atomic E-state index is 13.3. The summed E-state index contributed by atoms with van der Waals surface area (Å²) in [5.41, 5.74) is 1.14. The number of halogens is 1. The number of nitrogens with one attached hydrogen (secondary N) is 2. The van der Waals surface area contributed by atoms with E-state index in [-0.39, 0.29) is 18.4 Å². The smallest absolute Gasteiger partial charge is 0.408 e. The van der Waals surface area contributed by atoms with Crippen LogP contribution in [-0.4, -0.2) is 62.2 Å². The van der Waals surface area contributed by atoms with E-state index in [0.29, 0.717) is 5.56 Å². The molecule has 4 rings (SSSR count). The molecule has 3 amide bonds. The largest absolute Gasteiger partial charge is 0.508 e. The number of rotatable bonds is 8. The van der Waals surface area contributed by atoms with Gasteiger partial charge in [0.05, 0.1) is 0 Å². The van der Waals surface area contributed by atoms with Gasteiger partial charge in [-0.2, -0.15) is 0 Å². The Hall–Kier alpha value is -3.44. The van der Waals surface area contributed by atoms with Gasteiger partial charge < -0.3 is 30.1 Å². The first-order valence-electron chi connectivity index (χ1n) is 11.4. The zero-order valence-electron chi connectivity index (χ0n) is 20.0. The van der Waals surface area contributed by atoms with E-state index >= 15 is 0 Å². The maximum Gasteiger partial charge on any atom is 0.408 e. The van der Waals surface area contributed by atoms with Crippen LogP contribution >= 0.6 is 23.4 Å². The fourth-order valence-electron chi connectivity index (χ4n) is 4.35. The second kappa shape index (κ2) is 10.9. The van der Waals surface area contributed by atoms with Crippen molar-refractivity contribution in [2.75, 3.05) is 6.07 Å². The van der Waals surface area contributed by atoms with Gasteiger partial charge >= 0.3 is 12.1 Å². The summed E-state index contributed by atoms with van der Waals surface area (Å²) in [6.07, 6.45) is -0.834. The van der Waals surface area contributed by atoms with Crippen LogP contribution in [0, 0.1) is 0 Å². The van der Waals surface area contributed by atoms with Gasteiger partial charge in [-0.15, -0.1) is 11.8 Å². The van der Waals surface area contributed by atoms with Gasteiger partial charge in [-0.3, -0.25) is 9.59 Å². The van der Waals surface area contributed by atoms with Crippen molar-refractivity contribution in [1.29, 1.82) is 0 Å². The molecule has 0 aromatic heterocycles. The molecule has 10 nitrogen and oxygen atoms in total. The Morgan fingerprint density at radius 3 is 2.43 bits per heavy atom. The molecule has 1 unspecified atom stereocenters. The van der Waals surface area contributed by atoms with Crippen molar-refractivity contribution in [3.63, 3.8) is 0 Å². The summed E-state index contributed by atoms with van der Waals surface area (Å²) >= 11 is 6.90. The van der Waals surface area contributed by atoms with Crippen LogP contribution in [0.5, 0.6) is 5.75 Å². The number of carbonyl (C=O) groups excluding carboxylic acids is 4. The second-order valence-corrected chi connectivity index (χ2v) is 11.0. The Morgan fingerprint density at radius 1 is 1.11 bits per heavy atom. The third-order valence-electron chi connectivity index (χ3n) is 6.12. The van der Waals surface area contributed by atoms with Crippen LogP contribution in [0.3, 0.4) is 0 Å². The van der Waals surface area contributed by atoms with Gasteiger partial charge in [-0.1, -0.05) is 54.1 Å². The molecule has 0 spiro atoms. The van der Waals surface area contributed by atoms with E-state index in [1.165, 1.54) is 40.9 Å². The Bertz CT molecular complexity index is 1180. The normalized spacial score (nSPS) is 22.3. The van der Waals surface area contributed by atoms with Crippen molar-refractivity contribution in [2.24, 2.45) is 0 Å². The summed E-state index contributed by atoms with van der Waals surface area (Å²) in [7, 11) is 0. The predicted molar refractivity (Wildman–Crippen MR) is 135 cm³/mol. The van der Waals surface area contributed by atoms with Crippen LogP contribution in [0.25, 0.3) is 0 Å². The lowest BCUT2D eigenvalue weighted by molar-refractivity contribution is -0.163. The zero-order chi connectivity index (χ0) is 26.7. The van der Waals surface area contributed by atoms with Crippen LogP contribution in [0.15, 0.2) is 54.6 Å². The molecule has 2 heterocycles. The number of phenols is 1. The average molecular weight is 548 g/mol. The van der Waals surface area contributed by atoms with E-state index in [1.54, 1.807) is 12.1 Å². The summed E-state index contributed by atoms with van der Waals surface area (Å²) in [6.45, 7) is 3.62. The number of amides is 3. The monoisotopic (exact) mass is 547 g/mol. The highest BCUT2D eigenvalue weighted by Gasteiger charge is 2.64. The number of ether oxygens (including phenoxy) is 2. The number of hydrogen-bond donors (Lipinski definition) is 3. The minimum absolute atomic E-state index is 0.000246. The van der Waals surface area contributed by atoms with Crippen molar-refractivity contribution < 1.29 is 33.8 Å². The minimum Gasteiger partial charge on any atom is -0.508 e. The van der Waals surface area contributed by atoms with E-state index in [4.69, 9.17) is 21.1 Å². The van der Waals surface area contributed by atoms with E-state index in [2.05, 4.69) is 10.6 Å². The van der Waals surface area contributed by atoms with Gasteiger partial charge in [0.15, 0.2) is 6.07 Å². The number of fused-ring (bicyclic) bond motifs is 1. The fraction of sp³-hybridized carbons (Fsp3) is 0.360. The third-order valence-corrected chi connectivity index (χ3v) is 7.80. The van der Waals surface area contributed by atoms with Crippen molar-refractivity contribution >= 4 is 47.2 Å². The molecular weight excluding hydrogens is 522 g/mol. The number of nitrogens with zero attached hydrogens (tertiary/aromatic N) is 1. The van der Waals surface area contributed by atoms with Crippen molar-refractivity contribution in [2.45, 2.75) is 48.7 Å². The number of thioether (sulfide) groups is 1. The molecule has 0 radical (unpaired) electrons. The van der Waals surface area contributed by atoms with Crippen LogP contribution in [0.4, 0.5) is 4.79 Å². The molecule has 3 N–H and O–H groups in total. The molecule has 0 aliphatic carbocycles. The van der Waals surface area contributed by atoms with E-state index < -0.39 is 52.1 Å². The molecule has 0 bridgehead atoms. The summed E-state index contributed by atoms with van der Waals surface area (Å²) < 4.78 is 9.52. The lowest BCUT2D eigenvalue weighted by Crippen LogP contribution is -2.71. The number of carbonyl (C=O) groups is 4. The number of hydrogen-bond acceptors (Lipinski definition) is 8. The lowest BCUT2D eigenvalue weighted by Gasteiger charge is -2.44. The van der Waals surface area contributed by atoms with Crippen LogP contribution in [0.1, 0.15) is 31.0 Å². The zero-order valence-corrected chi connectivity index (χ0v) is 21.6. The Balaban J connectivity index is 1.47. The molecule has 4 atom stereocenters. The lowest BCUT2D eigenvalue weighted by atomic mass is 9.95. The van der Waals surface area contributed by atoms with E-state index in [9.17, 15) is 24.3 Å². The summed E-state index contributed by atoms with van der Waals surface area (Å²) in [6, 6.07) is 11.5.